The number of ether oxygens (including phenoxy) is 1. The van der Waals surface area contributed by atoms with Crippen molar-refractivity contribution in [3.63, 3.8) is 0 Å². The van der Waals surface area contributed by atoms with E-state index in [-0.39, 0.29) is 11.9 Å². The van der Waals surface area contributed by atoms with Gasteiger partial charge in [0.1, 0.15) is 12.4 Å². The molecule has 1 saturated carbocycles. The summed E-state index contributed by atoms with van der Waals surface area (Å²) < 4.78 is 17.7. The van der Waals surface area contributed by atoms with Crippen molar-refractivity contribution in [2.45, 2.75) is 50.0 Å². The maximum atomic E-state index is 12.2. The molecule has 0 saturated heterocycles. The van der Waals surface area contributed by atoms with Crippen LogP contribution in [0.1, 0.15) is 37.7 Å². The summed E-state index contributed by atoms with van der Waals surface area (Å²) in [6.07, 6.45) is 4.95. The molecule has 0 bridgehead atoms. The van der Waals surface area contributed by atoms with Crippen LogP contribution in [0.3, 0.4) is 0 Å². The Kier molecular flexibility index (Phi) is 6.67. The lowest BCUT2D eigenvalue weighted by Crippen LogP contribution is -2.30. The molecule has 118 valence electrons. The van der Waals surface area contributed by atoms with Gasteiger partial charge in [-0.15, -0.1) is 0 Å². The number of nitrogens with two attached hydrogens (primary N) is 1. The third-order valence-electron chi connectivity index (χ3n) is 3.88. The molecule has 2 atom stereocenters. The predicted molar refractivity (Wildman–Crippen MR) is 85.7 cm³/mol. The summed E-state index contributed by atoms with van der Waals surface area (Å²) in [5.41, 5.74) is 6.58. The highest BCUT2D eigenvalue weighted by molar-refractivity contribution is 7.85. The maximum absolute atomic E-state index is 12.2. The van der Waals surface area contributed by atoms with Crippen LogP contribution in [-0.4, -0.2) is 33.0 Å². The molecule has 0 aromatic heterocycles. The van der Waals surface area contributed by atoms with Crippen molar-refractivity contribution >= 4 is 10.8 Å². The maximum Gasteiger partial charge on any atom is 0.119 e. The highest BCUT2D eigenvalue weighted by atomic mass is 32.2. The molecule has 4 nitrogen and oxygen atoms in total. The van der Waals surface area contributed by atoms with E-state index in [0.29, 0.717) is 18.0 Å². The average molecular weight is 311 g/mol. The molecule has 2 unspecified atom stereocenters. The molecule has 0 radical (unpaired) electrons. The van der Waals surface area contributed by atoms with Crippen LogP contribution in [0.4, 0.5) is 0 Å². The predicted octanol–water partition coefficient (Wildman–Crippen LogP) is 1.97. The molecule has 0 aliphatic heterocycles. The molecule has 5 heteroatoms. The van der Waals surface area contributed by atoms with Gasteiger partial charge in [-0.25, -0.2) is 0 Å². The molecule has 21 heavy (non-hydrogen) atoms. The van der Waals surface area contributed by atoms with Crippen LogP contribution in [-0.2, 0) is 17.3 Å². The van der Waals surface area contributed by atoms with E-state index in [1.54, 1.807) is 0 Å². The van der Waals surface area contributed by atoms with E-state index in [2.05, 4.69) is 0 Å². The van der Waals surface area contributed by atoms with Gasteiger partial charge in [-0.2, -0.15) is 0 Å². The third kappa shape index (κ3) is 5.41. The fourth-order valence-electron chi connectivity index (χ4n) is 2.62. The first-order valence-corrected chi connectivity index (χ1v) is 9.04. The van der Waals surface area contributed by atoms with Crippen molar-refractivity contribution in [1.29, 1.82) is 0 Å². The number of hydrogen-bond donors (Lipinski definition) is 2. The van der Waals surface area contributed by atoms with Gasteiger partial charge in [0.2, 0.25) is 0 Å². The van der Waals surface area contributed by atoms with E-state index < -0.39 is 16.9 Å². The van der Waals surface area contributed by atoms with Gasteiger partial charge >= 0.3 is 0 Å². The Bertz CT molecular complexity index is 443. The van der Waals surface area contributed by atoms with Crippen LogP contribution in [0.25, 0.3) is 0 Å². The normalized spacial score (nSPS) is 19.1. The molecule has 1 fully saturated rings. The van der Waals surface area contributed by atoms with Gasteiger partial charge in [0, 0.05) is 22.6 Å². The molecular weight excluding hydrogens is 286 g/mol. The number of aliphatic hydroxyl groups excluding tert-OH is 1. The Morgan fingerprint density at radius 1 is 1.24 bits per heavy atom. The van der Waals surface area contributed by atoms with Crippen LogP contribution in [0.2, 0.25) is 0 Å². The van der Waals surface area contributed by atoms with Crippen LogP contribution >= 0.6 is 0 Å². The second kappa shape index (κ2) is 8.51. The largest absolute Gasteiger partial charge is 0.491 e. The standard InChI is InChI=1S/C16H25NO3S/c17-10-13-6-8-15(9-7-13)20-11-14(18)12-21(19)16-4-2-1-3-5-16/h6-9,14,16,18H,1-5,10-12,17H2. The first-order chi connectivity index (χ1) is 10.2. The van der Waals surface area contributed by atoms with Gasteiger partial charge in [-0.1, -0.05) is 31.4 Å². The van der Waals surface area contributed by atoms with Crippen molar-refractivity contribution < 1.29 is 14.1 Å². The quantitative estimate of drug-likeness (QED) is 0.807. The topological polar surface area (TPSA) is 72.6 Å². The molecule has 0 amide bonds. The minimum absolute atomic E-state index is 0.181. The Morgan fingerprint density at radius 2 is 1.90 bits per heavy atom. The van der Waals surface area contributed by atoms with E-state index in [1.807, 2.05) is 24.3 Å². The number of aliphatic hydroxyl groups is 1. The van der Waals surface area contributed by atoms with E-state index in [0.717, 1.165) is 31.2 Å². The third-order valence-corrected chi connectivity index (χ3v) is 5.81. The van der Waals surface area contributed by atoms with E-state index in [9.17, 15) is 9.32 Å². The molecule has 1 aromatic rings. The van der Waals surface area contributed by atoms with E-state index in [4.69, 9.17) is 10.5 Å². The van der Waals surface area contributed by atoms with Gasteiger partial charge in [-0.05, 0) is 30.5 Å². The first kappa shape index (κ1) is 16.5. The van der Waals surface area contributed by atoms with Crippen molar-refractivity contribution in [2.24, 2.45) is 5.73 Å². The van der Waals surface area contributed by atoms with Crippen molar-refractivity contribution in [1.82, 2.24) is 0 Å². The first-order valence-electron chi connectivity index (χ1n) is 7.66. The minimum atomic E-state index is -0.946. The molecule has 1 aliphatic carbocycles. The fourth-order valence-corrected chi connectivity index (χ4v) is 4.22. The summed E-state index contributed by atoms with van der Waals surface area (Å²) >= 11 is 0. The van der Waals surface area contributed by atoms with Crippen LogP contribution in [0.5, 0.6) is 5.75 Å². The zero-order valence-corrected chi connectivity index (χ0v) is 13.2. The molecule has 1 aromatic carbocycles. The van der Waals surface area contributed by atoms with E-state index >= 15 is 0 Å². The molecule has 0 spiro atoms. The zero-order chi connectivity index (χ0) is 15.1. The summed E-state index contributed by atoms with van der Waals surface area (Å²) in [5.74, 6) is 1.01. The van der Waals surface area contributed by atoms with Crippen molar-refractivity contribution in [2.75, 3.05) is 12.4 Å². The number of hydrogen-bond acceptors (Lipinski definition) is 4. The monoisotopic (exact) mass is 311 g/mol. The number of benzene rings is 1. The van der Waals surface area contributed by atoms with E-state index in [1.165, 1.54) is 6.42 Å². The molecule has 1 aliphatic rings. The molecular formula is C16H25NO3S. The molecule has 2 rings (SSSR count). The van der Waals surface area contributed by atoms with Crippen molar-refractivity contribution in [3.8, 4) is 5.75 Å². The minimum Gasteiger partial charge on any atom is -0.491 e. The fraction of sp³-hybridized carbons (Fsp3) is 0.625. The lowest BCUT2D eigenvalue weighted by atomic mass is 10.0. The van der Waals surface area contributed by atoms with Crippen molar-refractivity contribution in [3.05, 3.63) is 29.8 Å². The smallest absolute Gasteiger partial charge is 0.119 e. The highest BCUT2D eigenvalue weighted by Crippen LogP contribution is 2.22. The lowest BCUT2D eigenvalue weighted by Gasteiger charge is -2.22. The summed E-state index contributed by atoms with van der Waals surface area (Å²) in [5, 5.41) is 10.2. The van der Waals surface area contributed by atoms with Gasteiger partial charge in [0.25, 0.3) is 0 Å². The van der Waals surface area contributed by atoms with Crippen LogP contribution < -0.4 is 10.5 Å². The summed E-state index contributed by atoms with van der Waals surface area (Å²) in [7, 11) is -0.946. The highest BCUT2D eigenvalue weighted by Gasteiger charge is 2.22. The van der Waals surface area contributed by atoms with Gasteiger partial charge in [0.15, 0.2) is 0 Å². The van der Waals surface area contributed by atoms with Crippen LogP contribution in [0, 0.1) is 0 Å². The van der Waals surface area contributed by atoms with Crippen LogP contribution in [0.15, 0.2) is 24.3 Å². The summed E-state index contributed by atoms with van der Waals surface area (Å²) in [4.78, 5) is 0. The SMILES string of the molecule is NCc1ccc(OCC(O)CS(=O)C2CCCCC2)cc1. The summed E-state index contributed by atoms with van der Waals surface area (Å²) in [6.45, 7) is 0.684. The Labute approximate surface area is 129 Å². The summed E-state index contributed by atoms with van der Waals surface area (Å²) in [6, 6.07) is 7.49. The number of rotatable bonds is 7. The Hall–Kier alpha value is -0.910. The zero-order valence-electron chi connectivity index (χ0n) is 12.4. The molecule has 0 heterocycles. The van der Waals surface area contributed by atoms with Gasteiger partial charge in [-0.3, -0.25) is 4.21 Å². The Balaban J connectivity index is 1.73. The average Bonchev–Trinajstić information content (AvgIpc) is 2.54. The second-order valence-electron chi connectivity index (χ2n) is 5.62. The second-order valence-corrected chi connectivity index (χ2v) is 7.38. The lowest BCUT2D eigenvalue weighted by molar-refractivity contribution is 0.125. The van der Waals surface area contributed by atoms with Gasteiger partial charge < -0.3 is 15.6 Å². The Morgan fingerprint density at radius 3 is 2.52 bits per heavy atom. The van der Waals surface area contributed by atoms with Gasteiger partial charge in [0.05, 0.1) is 11.9 Å². The molecule has 3 N–H and O–H groups in total.